The Bertz CT molecular complexity index is 768. The maximum atomic E-state index is 12.4. The van der Waals surface area contributed by atoms with E-state index in [0.717, 1.165) is 12.0 Å². The lowest BCUT2D eigenvalue weighted by Gasteiger charge is -2.19. The molecule has 0 aliphatic heterocycles. The van der Waals surface area contributed by atoms with Crippen molar-refractivity contribution in [2.45, 2.75) is 12.5 Å². The lowest BCUT2D eigenvalue weighted by Crippen LogP contribution is -2.29. The van der Waals surface area contributed by atoms with Crippen LogP contribution in [0, 0.1) is 0 Å². The monoisotopic (exact) mass is 369 g/mol. The average Bonchev–Trinajstić information content (AvgIpc) is 3.03. The molecule has 1 N–H and O–H groups in total. The third-order valence-corrected chi connectivity index (χ3v) is 4.01. The first kappa shape index (κ1) is 15.6. The maximum Gasteiger partial charge on any atom is 0.287 e. The largest absolute Gasteiger partial charge is 0.444 e. The van der Waals surface area contributed by atoms with Gasteiger partial charge in [0.05, 0.1) is 6.04 Å². The summed E-state index contributed by atoms with van der Waals surface area (Å²) >= 11 is 3.22. The van der Waals surface area contributed by atoms with E-state index in [9.17, 15) is 4.79 Å². The van der Waals surface area contributed by atoms with Crippen LogP contribution < -0.4 is 5.32 Å². The summed E-state index contributed by atoms with van der Waals surface area (Å²) in [5, 5.41) is 3.06. The van der Waals surface area contributed by atoms with Gasteiger partial charge in [-0.25, -0.2) is 0 Å². The third-order valence-electron chi connectivity index (χ3n) is 3.59. The van der Waals surface area contributed by atoms with Gasteiger partial charge in [-0.2, -0.15) is 0 Å². The molecule has 0 saturated heterocycles. The number of furan rings is 1. The topological polar surface area (TPSA) is 42.2 Å². The van der Waals surface area contributed by atoms with Crippen molar-refractivity contribution in [1.29, 1.82) is 0 Å². The fourth-order valence-electron chi connectivity index (χ4n) is 2.45. The van der Waals surface area contributed by atoms with Gasteiger partial charge < -0.3 is 9.73 Å². The molecule has 4 heteroatoms. The Balaban J connectivity index is 1.82. The molecule has 1 heterocycles. The molecule has 0 unspecified atom stereocenters. The summed E-state index contributed by atoms with van der Waals surface area (Å²) in [6.45, 7) is 0. The number of hydrogen-bond acceptors (Lipinski definition) is 2. The van der Waals surface area contributed by atoms with E-state index >= 15 is 0 Å². The van der Waals surface area contributed by atoms with E-state index in [1.165, 1.54) is 5.56 Å². The standard InChI is InChI=1S/C19H16BrNO2/c20-18-12-11-17(23-18)19(22)21-16(15-9-5-2-6-10-15)13-14-7-3-1-4-8-14/h1-12,16H,13H2,(H,21,22)/t16-/m0/s1. The quantitative estimate of drug-likeness (QED) is 0.704. The van der Waals surface area contributed by atoms with Crippen molar-refractivity contribution in [3.8, 4) is 0 Å². The molecule has 3 nitrogen and oxygen atoms in total. The van der Waals surface area contributed by atoms with Crippen molar-refractivity contribution in [3.05, 3.63) is 94.4 Å². The fraction of sp³-hybridized carbons (Fsp3) is 0.105. The zero-order chi connectivity index (χ0) is 16.1. The maximum absolute atomic E-state index is 12.4. The van der Waals surface area contributed by atoms with Crippen molar-refractivity contribution < 1.29 is 9.21 Å². The number of hydrogen-bond donors (Lipinski definition) is 1. The van der Waals surface area contributed by atoms with Gasteiger partial charge in [-0.1, -0.05) is 60.7 Å². The van der Waals surface area contributed by atoms with Gasteiger partial charge in [-0.15, -0.1) is 0 Å². The van der Waals surface area contributed by atoms with Crippen molar-refractivity contribution >= 4 is 21.8 Å². The molecule has 23 heavy (non-hydrogen) atoms. The number of amides is 1. The average molecular weight is 370 g/mol. The van der Waals surface area contributed by atoms with E-state index in [1.54, 1.807) is 12.1 Å². The minimum Gasteiger partial charge on any atom is -0.444 e. The van der Waals surface area contributed by atoms with Crippen LogP contribution in [0.15, 0.2) is 81.9 Å². The summed E-state index contributed by atoms with van der Waals surface area (Å²) in [6, 6.07) is 23.3. The first-order valence-corrected chi connectivity index (χ1v) is 8.17. The van der Waals surface area contributed by atoms with Gasteiger partial charge >= 0.3 is 0 Å². The molecule has 0 radical (unpaired) electrons. The number of carbonyl (C=O) groups excluding carboxylic acids is 1. The zero-order valence-corrected chi connectivity index (χ0v) is 14.0. The summed E-state index contributed by atoms with van der Waals surface area (Å²) in [7, 11) is 0. The fourth-order valence-corrected chi connectivity index (χ4v) is 2.76. The van der Waals surface area contributed by atoms with Gasteiger partial charge in [-0.3, -0.25) is 4.79 Å². The second-order valence-electron chi connectivity index (χ2n) is 5.23. The summed E-state index contributed by atoms with van der Waals surface area (Å²) in [5.41, 5.74) is 2.23. The molecule has 1 aromatic heterocycles. The second-order valence-corrected chi connectivity index (χ2v) is 6.01. The van der Waals surface area contributed by atoms with Crippen molar-refractivity contribution in [3.63, 3.8) is 0 Å². The van der Waals surface area contributed by atoms with Crippen LogP contribution in [0.5, 0.6) is 0 Å². The van der Waals surface area contributed by atoms with E-state index in [0.29, 0.717) is 10.4 Å². The Morgan fingerprint density at radius 2 is 1.61 bits per heavy atom. The number of halogens is 1. The van der Waals surface area contributed by atoms with E-state index in [-0.39, 0.29) is 11.9 Å². The van der Waals surface area contributed by atoms with E-state index in [2.05, 4.69) is 33.4 Å². The van der Waals surface area contributed by atoms with Crippen LogP contribution in [-0.4, -0.2) is 5.91 Å². The molecule has 1 amide bonds. The minimum absolute atomic E-state index is 0.116. The number of carbonyl (C=O) groups is 1. The molecular weight excluding hydrogens is 354 g/mol. The van der Waals surface area contributed by atoms with Gasteiger partial charge in [0.1, 0.15) is 0 Å². The van der Waals surface area contributed by atoms with E-state index in [4.69, 9.17) is 4.42 Å². The highest BCUT2D eigenvalue weighted by Crippen LogP contribution is 2.20. The Kier molecular flexibility index (Phi) is 4.93. The van der Waals surface area contributed by atoms with Crippen LogP contribution in [0.1, 0.15) is 27.7 Å². The molecule has 0 aliphatic rings. The molecule has 0 spiro atoms. The highest BCUT2D eigenvalue weighted by molar-refractivity contribution is 9.10. The smallest absolute Gasteiger partial charge is 0.287 e. The molecule has 3 rings (SSSR count). The van der Waals surface area contributed by atoms with E-state index in [1.807, 2.05) is 48.5 Å². The molecule has 0 fully saturated rings. The summed E-state index contributed by atoms with van der Waals surface area (Å²) < 4.78 is 5.88. The molecule has 3 aromatic rings. The Labute approximate surface area is 143 Å². The zero-order valence-electron chi connectivity index (χ0n) is 12.4. The number of benzene rings is 2. The molecular formula is C19H16BrNO2. The summed E-state index contributed by atoms with van der Waals surface area (Å²) in [6.07, 6.45) is 0.721. The first-order chi connectivity index (χ1) is 11.2. The number of nitrogens with one attached hydrogen (secondary N) is 1. The molecule has 0 bridgehead atoms. The van der Waals surface area contributed by atoms with Crippen LogP contribution >= 0.6 is 15.9 Å². The third kappa shape index (κ3) is 4.11. The molecule has 116 valence electrons. The Morgan fingerprint density at radius 1 is 0.957 bits per heavy atom. The molecule has 2 aromatic carbocycles. The molecule has 0 aliphatic carbocycles. The Hall–Kier alpha value is -2.33. The van der Waals surface area contributed by atoms with Crippen molar-refractivity contribution in [2.24, 2.45) is 0 Å². The van der Waals surface area contributed by atoms with Crippen LogP contribution in [-0.2, 0) is 6.42 Å². The SMILES string of the molecule is O=C(N[C@@H](Cc1ccccc1)c1ccccc1)c1ccc(Br)o1. The van der Waals surface area contributed by atoms with Crippen LogP contribution in [0.4, 0.5) is 0 Å². The second kappa shape index (κ2) is 7.29. The molecule has 0 saturated carbocycles. The van der Waals surface area contributed by atoms with Gasteiger partial charge in [-0.05, 0) is 45.6 Å². The molecule has 1 atom stereocenters. The minimum atomic E-state index is -0.222. The first-order valence-electron chi connectivity index (χ1n) is 7.37. The van der Waals surface area contributed by atoms with Gasteiger partial charge in [0.15, 0.2) is 10.4 Å². The summed E-state index contributed by atoms with van der Waals surface area (Å²) in [4.78, 5) is 12.4. The highest BCUT2D eigenvalue weighted by atomic mass is 79.9. The van der Waals surface area contributed by atoms with Crippen LogP contribution in [0.2, 0.25) is 0 Å². The van der Waals surface area contributed by atoms with E-state index < -0.39 is 0 Å². The highest BCUT2D eigenvalue weighted by Gasteiger charge is 2.18. The van der Waals surface area contributed by atoms with Crippen molar-refractivity contribution in [1.82, 2.24) is 5.32 Å². The predicted octanol–water partition coefficient (Wildman–Crippen LogP) is 4.76. The normalized spacial score (nSPS) is 11.9. The van der Waals surface area contributed by atoms with Gasteiger partial charge in [0, 0.05) is 0 Å². The van der Waals surface area contributed by atoms with Crippen molar-refractivity contribution in [2.75, 3.05) is 0 Å². The number of rotatable bonds is 5. The van der Waals surface area contributed by atoms with Gasteiger partial charge in [0.25, 0.3) is 5.91 Å². The summed E-state index contributed by atoms with van der Waals surface area (Å²) in [5.74, 6) is 0.0753. The van der Waals surface area contributed by atoms with Crippen LogP contribution in [0.3, 0.4) is 0 Å². The lowest BCUT2D eigenvalue weighted by atomic mass is 9.99. The Morgan fingerprint density at radius 3 is 2.22 bits per heavy atom. The van der Waals surface area contributed by atoms with Crippen LogP contribution in [0.25, 0.3) is 0 Å². The lowest BCUT2D eigenvalue weighted by molar-refractivity contribution is 0.0907. The predicted molar refractivity (Wildman–Crippen MR) is 93.2 cm³/mol. The van der Waals surface area contributed by atoms with Gasteiger partial charge in [0.2, 0.25) is 0 Å².